The van der Waals surface area contributed by atoms with Crippen molar-refractivity contribution in [2.24, 2.45) is 0 Å². The molecule has 0 radical (unpaired) electrons. The molecule has 35 heavy (non-hydrogen) atoms. The van der Waals surface area contributed by atoms with Gasteiger partial charge < -0.3 is 24.8 Å². The molecule has 182 valence electrons. The van der Waals surface area contributed by atoms with Gasteiger partial charge in [-0.05, 0) is 86.4 Å². The van der Waals surface area contributed by atoms with Crippen molar-refractivity contribution in [2.45, 2.75) is 41.2 Å². The van der Waals surface area contributed by atoms with Crippen LogP contribution in [0.4, 0.5) is 11.4 Å². The first-order valence-corrected chi connectivity index (χ1v) is 13.4. The van der Waals surface area contributed by atoms with Crippen LogP contribution in [0.2, 0.25) is 0 Å². The molecular formula is C28H32N4O2S. The van der Waals surface area contributed by atoms with Gasteiger partial charge in [-0.15, -0.1) is 0 Å². The predicted octanol–water partition coefficient (Wildman–Crippen LogP) is 4.51. The average Bonchev–Trinajstić information content (AvgIpc) is 2.89. The van der Waals surface area contributed by atoms with Gasteiger partial charge in [0.25, 0.3) is 5.56 Å². The number of nitrogens with one attached hydrogen (secondary N) is 2. The van der Waals surface area contributed by atoms with Crippen molar-refractivity contribution in [2.75, 3.05) is 50.1 Å². The molecule has 0 saturated carbocycles. The maximum absolute atomic E-state index is 12.3. The molecule has 2 aromatic carbocycles. The van der Waals surface area contributed by atoms with Gasteiger partial charge in [0.15, 0.2) is 0 Å². The number of nitrogens with zero attached hydrogens (tertiary/aromatic N) is 2. The summed E-state index contributed by atoms with van der Waals surface area (Å²) >= 11 is 1.86. The van der Waals surface area contributed by atoms with Crippen LogP contribution in [-0.2, 0) is 11.2 Å². The number of aromatic amines is 1. The summed E-state index contributed by atoms with van der Waals surface area (Å²) < 4.78 is 6.24. The lowest BCUT2D eigenvalue weighted by atomic mass is 9.98. The number of morpholine rings is 1. The lowest BCUT2D eigenvalue weighted by Crippen LogP contribution is -2.41. The summed E-state index contributed by atoms with van der Waals surface area (Å²) in [6, 6.07) is 17.8. The predicted molar refractivity (Wildman–Crippen MR) is 142 cm³/mol. The van der Waals surface area contributed by atoms with Crippen LogP contribution in [0.5, 0.6) is 0 Å². The average molecular weight is 489 g/mol. The Balaban J connectivity index is 1.21. The van der Waals surface area contributed by atoms with Gasteiger partial charge in [0.05, 0.1) is 6.61 Å². The molecule has 1 aromatic heterocycles. The number of pyridine rings is 1. The summed E-state index contributed by atoms with van der Waals surface area (Å²) in [4.78, 5) is 22.3. The Morgan fingerprint density at radius 1 is 1.06 bits per heavy atom. The van der Waals surface area contributed by atoms with E-state index in [4.69, 9.17) is 4.74 Å². The summed E-state index contributed by atoms with van der Waals surface area (Å²) in [6.07, 6.45) is 4.95. The van der Waals surface area contributed by atoms with Crippen molar-refractivity contribution in [3.63, 3.8) is 0 Å². The van der Waals surface area contributed by atoms with Crippen LogP contribution in [-0.4, -0.2) is 55.8 Å². The summed E-state index contributed by atoms with van der Waals surface area (Å²) in [7, 11) is 2.20. The molecule has 6 rings (SSSR count). The van der Waals surface area contributed by atoms with Gasteiger partial charge in [-0.3, -0.25) is 4.79 Å². The number of likely N-dealkylation sites (tertiary alicyclic amines) is 1. The SMILES string of the molecule is CN1CCC(Nc2ccc3c(c2)Cc2cccc(C4CN(c5ccc[nH]c5=O)CCO4)c2S3)CC1. The highest BCUT2D eigenvalue weighted by Crippen LogP contribution is 2.45. The fraction of sp³-hybridized carbons (Fsp3) is 0.393. The van der Waals surface area contributed by atoms with Crippen LogP contribution in [0.15, 0.2) is 69.3 Å². The maximum atomic E-state index is 12.3. The fourth-order valence-electron chi connectivity index (χ4n) is 5.45. The van der Waals surface area contributed by atoms with Crippen molar-refractivity contribution < 1.29 is 4.74 Å². The lowest BCUT2D eigenvalue weighted by Gasteiger charge is -2.35. The van der Waals surface area contributed by atoms with Crippen LogP contribution in [0.1, 0.15) is 35.6 Å². The monoisotopic (exact) mass is 488 g/mol. The Hall–Kier alpha value is -2.74. The highest BCUT2D eigenvalue weighted by atomic mass is 32.2. The molecule has 0 amide bonds. The molecular weight excluding hydrogens is 456 g/mol. The molecule has 2 fully saturated rings. The van der Waals surface area contributed by atoms with Gasteiger partial charge in [0.2, 0.25) is 0 Å². The molecule has 2 saturated heterocycles. The molecule has 3 aliphatic rings. The van der Waals surface area contributed by atoms with E-state index in [2.05, 4.69) is 63.5 Å². The van der Waals surface area contributed by atoms with Crippen LogP contribution in [0.3, 0.4) is 0 Å². The van der Waals surface area contributed by atoms with Gasteiger partial charge in [0.1, 0.15) is 11.8 Å². The molecule has 0 bridgehead atoms. The zero-order valence-corrected chi connectivity index (χ0v) is 20.9. The second kappa shape index (κ2) is 9.72. The van der Waals surface area contributed by atoms with Crippen LogP contribution in [0.25, 0.3) is 0 Å². The Morgan fingerprint density at radius 2 is 1.94 bits per heavy atom. The minimum atomic E-state index is -0.0577. The molecule has 1 atom stereocenters. The van der Waals surface area contributed by atoms with E-state index in [1.807, 2.05) is 23.9 Å². The third-order valence-electron chi connectivity index (χ3n) is 7.42. The third-order valence-corrected chi connectivity index (χ3v) is 8.74. The highest BCUT2D eigenvalue weighted by molar-refractivity contribution is 7.99. The highest BCUT2D eigenvalue weighted by Gasteiger charge is 2.28. The lowest BCUT2D eigenvalue weighted by molar-refractivity contribution is 0.0380. The summed E-state index contributed by atoms with van der Waals surface area (Å²) in [5.74, 6) is 0. The first-order chi connectivity index (χ1) is 17.1. The van der Waals surface area contributed by atoms with Crippen molar-refractivity contribution in [3.8, 4) is 0 Å². The van der Waals surface area contributed by atoms with Gasteiger partial charge in [-0.2, -0.15) is 0 Å². The number of benzene rings is 2. The molecule has 0 aliphatic carbocycles. The van der Waals surface area contributed by atoms with E-state index < -0.39 is 0 Å². The van der Waals surface area contributed by atoms with Crippen LogP contribution in [0, 0.1) is 0 Å². The molecule has 4 heterocycles. The normalized spacial score (nSPS) is 20.8. The van der Waals surface area contributed by atoms with Crippen molar-refractivity contribution in [1.29, 1.82) is 0 Å². The largest absolute Gasteiger partial charge is 0.382 e. The van der Waals surface area contributed by atoms with Crippen molar-refractivity contribution >= 4 is 23.1 Å². The fourth-order valence-corrected chi connectivity index (χ4v) is 6.66. The number of aromatic nitrogens is 1. The van der Waals surface area contributed by atoms with Crippen LogP contribution < -0.4 is 15.8 Å². The smallest absolute Gasteiger partial charge is 0.271 e. The molecule has 3 aromatic rings. The first kappa shape index (κ1) is 22.7. The molecule has 7 heteroatoms. The van der Waals surface area contributed by atoms with E-state index >= 15 is 0 Å². The summed E-state index contributed by atoms with van der Waals surface area (Å²) in [6.45, 7) is 4.33. The molecule has 2 N–H and O–H groups in total. The first-order valence-electron chi connectivity index (χ1n) is 12.6. The number of piperidine rings is 1. The number of ether oxygens (including phenoxy) is 1. The number of anilines is 2. The minimum Gasteiger partial charge on any atom is -0.382 e. The second-order valence-electron chi connectivity index (χ2n) is 9.85. The molecule has 1 unspecified atom stereocenters. The van der Waals surface area contributed by atoms with E-state index in [1.165, 1.54) is 45.0 Å². The number of fused-ring (bicyclic) bond motifs is 2. The number of rotatable bonds is 4. The standard InChI is InChI=1S/C28H32N4O2S/c1-31-12-9-21(10-13-31)30-22-7-8-26-20(17-22)16-19-4-2-5-23(27(19)35-26)25-18-32(14-15-34-25)24-6-3-11-29-28(24)33/h2-8,11,17,21,25,30H,9-10,12-16,18H2,1H3,(H,29,33). The van der Waals surface area contributed by atoms with Crippen molar-refractivity contribution in [3.05, 3.63) is 81.8 Å². The quantitative estimate of drug-likeness (QED) is 0.441. The third kappa shape index (κ3) is 4.73. The van der Waals surface area contributed by atoms with Crippen molar-refractivity contribution in [1.82, 2.24) is 9.88 Å². The Morgan fingerprint density at radius 3 is 2.80 bits per heavy atom. The van der Waals surface area contributed by atoms with Gasteiger partial charge in [-0.25, -0.2) is 0 Å². The number of H-pyrrole nitrogens is 1. The van der Waals surface area contributed by atoms with E-state index in [-0.39, 0.29) is 11.7 Å². The Kier molecular flexibility index (Phi) is 6.31. The topological polar surface area (TPSA) is 60.6 Å². The van der Waals surface area contributed by atoms with E-state index in [1.54, 1.807) is 6.20 Å². The van der Waals surface area contributed by atoms with Gasteiger partial charge >= 0.3 is 0 Å². The maximum Gasteiger partial charge on any atom is 0.271 e. The van der Waals surface area contributed by atoms with Crippen LogP contribution >= 0.6 is 11.8 Å². The Labute approximate surface area is 210 Å². The minimum absolute atomic E-state index is 0.0452. The molecule has 0 spiro atoms. The van der Waals surface area contributed by atoms with Gasteiger partial charge in [-0.1, -0.05) is 30.0 Å². The summed E-state index contributed by atoms with van der Waals surface area (Å²) in [5, 5.41) is 3.77. The Bertz CT molecular complexity index is 1270. The number of hydrogen-bond donors (Lipinski definition) is 2. The van der Waals surface area contributed by atoms with E-state index in [0.29, 0.717) is 24.9 Å². The second-order valence-corrected chi connectivity index (χ2v) is 10.9. The summed E-state index contributed by atoms with van der Waals surface area (Å²) in [5.41, 5.74) is 5.88. The van der Waals surface area contributed by atoms with Gasteiger partial charge in [0, 0.05) is 40.8 Å². The molecule has 3 aliphatic heterocycles. The zero-order valence-electron chi connectivity index (χ0n) is 20.1. The van der Waals surface area contributed by atoms with E-state index in [9.17, 15) is 4.79 Å². The van der Waals surface area contributed by atoms with E-state index in [0.717, 1.165) is 26.1 Å². The molecule has 6 nitrogen and oxygen atoms in total. The number of hydrogen-bond acceptors (Lipinski definition) is 6. The zero-order chi connectivity index (χ0) is 23.8.